The van der Waals surface area contributed by atoms with Gasteiger partial charge in [0.05, 0.1) is 22.7 Å². The highest BCUT2D eigenvalue weighted by Crippen LogP contribution is 2.26. The van der Waals surface area contributed by atoms with E-state index in [0.717, 1.165) is 41.4 Å². The summed E-state index contributed by atoms with van der Waals surface area (Å²) in [7, 11) is 0. The van der Waals surface area contributed by atoms with E-state index in [9.17, 15) is 9.59 Å². The summed E-state index contributed by atoms with van der Waals surface area (Å²) in [6.45, 7) is 6.01. The fraction of sp³-hybridized carbons (Fsp3) is 0.111. The van der Waals surface area contributed by atoms with Crippen LogP contribution in [-0.2, 0) is 17.9 Å². The SMILES string of the molecule is CC[n+]1ccc(Nc2ccc(NC(=O)/C=C/c3ccc(C(=O)Nc4ccc(Nc5cc[n+](CC)cc5)cc4N)cc3)cc2)cc1.[Br-].[Br-]. The average Bonchev–Trinajstić information content (AvgIpc) is 3.07. The van der Waals surface area contributed by atoms with Crippen LogP contribution in [-0.4, -0.2) is 11.8 Å². The Morgan fingerprint density at radius 1 is 0.638 bits per heavy atom. The Morgan fingerprint density at radius 3 is 1.66 bits per heavy atom. The number of nitrogens with zero attached hydrogens (tertiary/aromatic N) is 2. The van der Waals surface area contributed by atoms with Gasteiger partial charge in [-0.3, -0.25) is 9.59 Å². The first kappa shape index (κ1) is 36.5. The number of hydrogen-bond acceptors (Lipinski definition) is 5. The van der Waals surface area contributed by atoms with Crippen LogP contribution in [0.1, 0.15) is 29.8 Å². The molecule has 0 aliphatic heterocycles. The zero-order valence-corrected chi connectivity index (χ0v) is 29.3. The van der Waals surface area contributed by atoms with Crippen molar-refractivity contribution in [1.82, 2.24) is 0 Å². The molecule has 0 fully saturated rings. The number of aromatic nitrogens is 2. The molecular weight excluding hydrogens is 722 g/mol. The van der Waals surface area contributed by atoms with Gasteiger partial charge in [0.15, 0.2) is 24.8 Å². The second kappa shape index (κ2) is 17.6. The first-order chi connectivity index (χ1) is 21.9. The van der Waals surface area contributed by atoms with E-state index in [1.54, 1.807) is 42.5 Å². The molecule has 0 atom stereocenters. The van der Waals surface area contributed by atoms with Crippen LogP contribution in [0.25, 0.3) is 6.08 Å². The van der Waals surface area contributed by atoms with Crippen LogP contribution in [0.4, 0.5) is 39.8 Å². The maximum absolute atomic E-state index is 12.9. The Kier molecular flexibility index (Phi) is 13.7. The minimum Gasteiger partial charge on any atom is -1.00 e. The van der Waals surface area contributed by atoms with Gasteiger partial charge in [-0.1, -0.05) is 12.1 Å². The van der Waals surface area contributed by atoms with Gasteiger partial charge < -0.3 is 61.0 Å². The maximum atomic E-state index is 12.9. The minimum absolute atomic E-state index is 0. The number of rotatable bonds is 11. The molecule has 0 aliphatic carbocycles. The molecule has 0 bridgehead atoms. The molecule has 0 radical (unpaired) electrons. The van der Waals surface area contributed by atoms with Crippen LogP contribution >= 0.6 is 0 Å². The zero-order valence-electron chi connectivity index (χ0n) is 26.1. The predicted octanol–water partition coefficient (Wildman–Crippen LogP) is 0.283. The summed E-state index contributed by atoms with van der Waals surface area (Å²) in [4.78, 5) is 25.4. The van der Waals surface area contributed by atoms with Gasteiger partial charge in [-0.15, -0.1) is 0 Å². The zero-order chi connectivity index (χ0) is 31.6. The molecule has 6 N–H and O–H groups in total. The van der Waals surface area contributed by atoms with Crippen LogP contribution < -0.4 is 70.1 Å². The highest BCUT2D eigenvalue weighted by molar-refractivity contribution is 6.06. The molecule has 9 nitrogen and oxygen atoms in total. The summed E-state index contributed by atoms with van der Waals surface area (Å²) in [6, 6.07) is 27.9. The highest BCUT2D eigenvalue weighted by Gasteiger charge is 2.10. The van der Waals surface area contributed by atoms with Gasteiger partial charge in [-0.05, 0) is 80.1 Å². The number of amides is 2. The van der Waals surface area contributed by atoms with Gasteiger partial charge in [-0.2, -0.15) is 0 Å². The summed E-state index contributed by atoms with van der Waals surface area (Å²) in [5.41, 5.74) is 12.8. The van der Waals surface area contributed by atoms with Crippen LogP contribution in [0, 0.1) is 0 Å². The van der Waals surface area contributed by atoms with Crippen molar-refractivity contribution >= 4 is 57.7 Å². The summed E-state index contributed by atoms with van der Waals surface area (Å²) >= 11 is 0. The number of hydrogen-bond donors (Lipinski definition) is 5. The lowest BCUT2D eigenvalue weighted by molar-refractivity contribution is -0.693. The Bertz CT molecular complexity index is 1790. The van der Waals surface area contributed by atoms with Crippen LogP contribution in [0.3, 0.4) is 0 Å². The lowest BCUT2D eigenvalue weighted by Gasteiger charge is -2.11. The fourth-order valence-corrected chi connectivity index (χ4v) is 4.52. The Labute approximate surface area is 296 Å². The van der Waals surface area contributed by atoms with Crippen molar-refractivity contribution in [3.05, 3.63) is 133 Å². The van der Waals surface area contributed by atoms with Gasteiger partial charge in [-0.25, -0.2) is 9.13 Å². The number of halogens is 2. The first-order valence-electron chi connectivity index (χ1n) is 14.8. The summed E-state index contributed by atoms with van der Waals surface area (Å²) in [5.74, 6) is -0.535. The van der Waals surface area contributed by atoms with Gasteiger partial charge in [0.25, 0.3) is 5.91 Å². The summed E-state index contributed by atoms with van der Waals surface area (Å²) < 4.78 is 4.16. The van der Waals surface area contributed by atoms with E-state index in [1.165, 1.54) is 6.08 Å². The number of nitrogens with two attached hydrogens (primary N) is 1. The number of aryl methyl sites for hydroxylation is 2. The Hall–Kier alpha value is -5.00. The van der Waals surface area contributed by atoms with Gasteiger partial charge >= 0.3 is 0 Å². The fourth-order valence-electron chi connectivity index (χ4n) is 4.52. The smallest absolute Gasteiger partial charge is 0.255 e. The number of anilines is 7. The van der Waals surface area contributed by atoms with Gasteiger partial charge in [0.2, 0.25) is 5.91 Å². The Balaban J connectivity index is 0.00000300. The van der Waals surface area contributed by atoms with E-state index >= 15 is 0 Å². The van der Waals surface area contributed by atoms with Crippen molar-refractivity contribution in [3.8, 4) is 0 Å². The van der Waals surface area contributed by atoms with Crippen LogP contribution in [0.5, 0.6) is 0 Å². The largest absolute Gasteiger partial charge is 1.00 e. The van der Waals surface area contributed by atoms with Crippen molar-refractivity contribution in [1.29, 1.82) is 0 Å². The number of pyridine rings is 2. The molecule has 0 unspecified atom stereocenters. The van der Waals surface area contributed by atoms with E-state index in [4.69, 9.17) is 5.73 Å². The third kappa shape index (κ3) is 10.5. The third-order valence-electron chi connectivity index (χ3n) is 7.14. The van der Waals surface area contributed by atoms with E-state index in [1.807, 2.05) is 79.4 Å². The minimum atomic E-state index is -0.280. The quantitative estimate of drug-likeness (QED) is 0.0755. The standard InChI is InChI=1S/C36H35N7O2.2BrH/c1-3-42-21-17-30(18-22-42)38-28-10-12-29(13-11-28)40-35(44)16-7-26-5-8-27(9-6-26)36(45)41-34-15-14-32(25-33(34)37)39-31-19-23-43(4-2)24-20-31;;/h5-25H,3-4H2,1-2H3,(H4,37,40,41,44,45);2*1H. The number of nitrogen functional groups attached to an aromatic ring is 1. The topological polar surface area (TPSA) is 116 Å². The van der Waals surface area contributed by atoms with E-state index in [-0.39, 0.29) is 45.8 Å². The molecule has 5 rings (SSSR count). The molecule has 0 saturated carbocycles. The molecule has 0 saturated heterocycles. The molecule has 11 heteroatoms. The van der Waals surface area contributed by atoms with Gasteiger partial charge in [0, 0.05) is 53.0 Å². The second-order valence-electron chi connectivity index (χ2n) is 10.4. The van der Waals surface area contributed by atoms with Crippen molar-refractivity contribution in [2.45, 2.75) is 26.9 Å². The molecule has 2 heterocycles. The lowest BCUT2D eigenvalue weighted by Crippen LogP contribution is -3.00. The molecule has 2 amide bonds. The summed E-state index contributed by atoms with van der Waals surface area (Å²) in [5, 5.41) is 12.4. The molecule has 242 valence electrons. The van der Waals surface area contributed by atoms with Crippen LogP contribution in [0.15, 0.2) is 122 Å². The molecule has 5 aromatic rings. The number of carbonyl (C=O) groups excluding carboxylic acids is 2. The molecule has 0 aliphatic rings. The molecule has 0 spiro atoms. The lowest BCUT2D eigenvalue weighted by atomic mass is 10.1. The Morgan fingerprint density at radius 2 is 1.13 bits per heavy atom. The predicted molar refractivity (Wildman–Crippen MR) is 181 cm³/mol. The van der Waals surface area contributed by atoms with Crippen LogP contribution in [0.2, 0.25) is 0 Å². The number of benzene rings is 3. The molecule has 47 heavy (non-hydrogen) atoms. The molecule has 3 aromatic carbocycles. The molecule has 2 aromatic heterocycles. The van der Waals surface area contributed by atoms with Crippen molar-refractivity contribution in [2.24, 2.45) is 0 Å². The number of carbonyl (C=O) groups is 2. The van der Waals surface area contributed by atoms with E-state index < -0.39 is 0 Å². The monoisotopic (exact) mass is 757 g/mol. The van der Waals surface area contributed by atoms with Crippen molar-refractivity contribution in [3.63, 3.8) is 0 Å². The molecular formula is C36H37Br2N7O2. The van der Waals surface area contributed by atoms with E-state index in [2.05, 4.69) is 44.2 Å². The summed E-state index contributed by atoms with van der Waals surface area (Å²) in [6.07, 6.45) is 11.2. The van der Waals surface area contributed by atoms with Gasteiger partial charge in [0.1, 0.15) is 13.1 Å². The second-order valence-corrected chi connectivity index (χ2v) is 10.4. The van der Waals surface area contributed by atoms with E-state index in [0.29, 0.717) is 22.6 Å². The first-order valence-corrected chi connectivity index (χ1v) is 14.8. The highest BCUT2D eigenvalue weighted by atomic mass is 79.9. The average molecular weight is 760 g/mol. The normalized spacial score (nSPS) is 10.3. The maximum Gasteiger partial charge on any atom is 0.255 e. The third-order valence-corrected chi connectivity index (χ3v) is 7.14. The van der Waals surface area contributed by atoms with Crippen molar-refractivity contribution < 1.29 is 52.7 Å². The number of nitrogens with one attached hydrogen (secondary N) is 4. The van der Waals surface area contributed by atoms with Crippen molar-refractivity contribution in [2.75, 3.05) is 27.0 Å².